The lowest BCUT2D eigenvalue weighted by Crippen LogP contribution is -2.49. The summed E-state index contributed by atoms with van der Waals surface area (Å²) in [4.78, 5) is 33.1. The van der Waals surface area contributed by atoms with E-state index in [2.05, 4.69) is 10.6 Å². The number of nitrogens with one attached hydrogen (secondary N) is 2. The Morgan fingerprint density at radius 2 is 2.10 bits per heavy atom. The second kappa shape index (κ2) is 8.33. The molecular weight excluding hydrogens is 270 g/mol. The second-order valence-electron chi connectivity index (χ2n) is 4.32. The van der Waals surface area contributed by atoms with Gasteiger partial charge in [0.2, 0.25) is 5.91 Å². The number of carboxylic acids is 1. The molecule has 1 aliphatic heterocycles. The summed E-state index contributed by atoms with van der Waals surface area (Å²) in [6, 6.07) is -1.80. The monoisotopic (exact) mass is 289 g/mol. The molecule has 2 atom stereocenters. The summed E-state index contributed by atoms with van der Waals surface area (Å²) in [5, 5.41) is 13.7. The summed E-state index contributed by atoms with van der Waals surface area (Å²) in [6.07, 6.45) is -0.416. The van der Waals surface area contributed by atoms with Crippen molar-refractivity contribution in [1.29, 1.82) is 0 Å². The van der Waals surface area contributed by atoms with Crippen LogP contribution in [0.1, 0.15) is 12.8 Å². The van der Waals surface area contributed by atoms with Gasteiger partial charge < -0.3 is 30.9 Å². The first-order chi connectivity index (χ1) is 9.49. The first kappa shape index (κ1) is 16.2. The Labute approximate surface area is 115 Å². The predicted octanol–water partition coefficient (Wildman–Crippen LogP) is -1.58. The summed E-state index contributed by atoms with van der Waals surface area (Å²) in [5.74, 6) is -1.84. The van der Waals surface area contributed by atoms with Gasteiger partial charge in [-0.25, -0.2) is 9.59 Å². The van der Waals surface area contributed by atoms with E-state index in [4.69, 9.17) is 20.3 Å². The minimum atomic E-state index is -1.22. The first-order valence-electron chi connectivity index (χ1n) is 6.24. The molecule has 114 valence electrons. The van der Waals surface area contributed by atoms with Gasteiger partial charge in [-0.3, -0.25) is 4.79 Å². The van der Waals surface area contributed by atoms with E-state index >= 15 is 0 Å². The molecule has 1 saturated heterocycles. The summed E-state index contributed by atoms with van der Waals surface area (Å²) in [5.41, 5.74) is 4.94. The molecule has 3 amide bonds. The van der Waals surface area contributed by atoms with Gasteiger partial charge in [-0.05, 0) is 6.42 Å². The van der Waals surface area contributed by atoms with Crippen LogP contribution in [0.25, 0.3) is 0 Å². The van der Waals surface area contributed by atoms with Gasteiger partial charge in [0.1, 0.15) is 6.04 Å². The van der Waals surface area contributed by atoms with Gasteiger partial charge in [-0.1, -0.05) is 0 Å². The Kier molecular flexibility index (Phi) is 6.74. The Hall–Kier alpha value is -1.87. The molecular formula is C11H19N3O6. The van der Waals surface area contributed by atoms with Crippen molar-refractivity contribution in [3.8, 4) is 0 Å². The Morgan fingerprint density at radius 3 is 2.65 bits per heavy atom. The lowest BCUT2D eigenvalue weighted by atomic mass is 10.1. The number of aliphatic carboxylic acids is 1. The standard InChI is InChI=1S/C11H19N3O6/c12-9(15)2-1-8(10(16)17)14-11(18)13-5-7-6-19-3-4-20-7/h7-8H,1-6H2,(H2,12,15)(H,16,17)(H2,13,14,18). The fourth-order valence-electron chi connectivity index (χ4n) is 1.61. The third-order valence-corrected chi connectivity index (χ3v) is 2.66. The van der Waals surface area contributed by atoms with Gasteiger partial charge in [0, 0.05) is 13.0 Å². The molecule has 0 aromatic rings. The van der Waals surface area contributed by atoms with Gasteiger partial charge in [-0.15, -0.1) is 0 Å². The van der Waals surface area contributed by atoms with E-state index in [9.17, 15) is 14.4 Å². The van der Waals surface area contributed by atoms with Crippen LogP contribution in [-0.2, 0) is 19.1 Å². The molecule has 0 saturated carbocycles. The highest BCUT2D eigenvalue weighted by Gasteiger charge is 2.21. The van der Waals surface area contributed by atoms with Crippen molar-refractivity contribution >= 4 is 17.9 Å². The number of nitrogens with two attached hydrogens (primary N) is 1. The van der Waals surface area contributed by atoms with Crippen molar-refractivity contribution in [2.75, 3.05) is 26.4 Å². The molecule has 0 aromatic heterocycles. The summed E-state index contributed by atoms with van der Waals surface area (Å²) < 4.78 is 10.5. The van der Waals surface area contributed by atoms with Crippen LogP contribution in [0.2, 0.25) is 0 Å². The highest BCUT2D eigenvalue weighted by molar-refractivity contribution is 5.83. The highest BCUT2D eigenvalue weighted by atomic mass is 16.6. The molecule has 9 nitrogen and oxygen atoms in total. The third-order valence-electron chi connectivity index (χ3n) is 2.66. The van der Waals surface area contributed by atoms with Crippen LogP contribution >= 0.6 is 0 Å². The van der Waals surface area contributed by atoms with Gasteiger partial charge in [0.15, 0.2) is 0 Å². The second-order valence-corrected chi connectivity index (χ2v) is 4.32. The zero-order valence-electron chi connectivity index (χ0n) is 11.0. The largest absolute Gasteiger partial charge is 0.480 e. The van der Waals surface area contributed by atoms with E-state index in [1.165, 1.54) is 0 Å². The number of carbonyl (C=O) groups excluding carboxylic acids is 2. The van der Waals surface area contributed by atoms with Crippen LogP contribution in [0.5, 0.6) is 0 Å². The van der Waals surface area contributed by atoms with Crippen molar-refractivity contribution < 1.29 is 29.0 Å². The molecule has 0 spiro atoms. The molecule has 2 unspecified atom stereocenters. The van der Waals surface area contributed by atoms with Crippen LogP contribution in [-0.4, -0.2) is 61.5 Å². The van der Waals surface area contributed by atoms with Gasteiger partial charge in [0.05, 0.1) is 25.9 Å². The van der Waals surface area contributed by atoms with Crippen LogP contribution in [0, 0.1) is 0 Å². The Bertz CT molecular complexity index is 356. The van der Waals surface area contributed by atoms with Crippen molar-refractivity contribution in [3.63, 3.8) is 0 Å². The maximum absolute atomic E-state index is 11.5. The number of carbonyl (C=O) groups is 3. The average Bonchev–Trinajstić information content (AvgIpc) is 2.41. The fourth-order valence-corrected chi connectivity index (χ4v) is 1.61. The zero-order chi connectivity index (χ0) is 15.0. The van der Waals surface area contributed by atoms with Gasteiger partial charge in [-0.2, -0.15) is 0 Å². The average molecular weight is 289 g/mol. The van der Waals surface area contributed by atoms with Crippen LogP contribution in [0.4, 0.5) is 4.79 Å². The smallest absolute Gasteiger partial charge is 0.326 e. The molecule has 0 bridgehead atoms. The van der Waals surface area contributed by atoms with E-state index in [1.807, 2.05) is 0 Å². The van der Waals surface area contributed by atoms with Crippen LogP contribution in [0.3, 0.4) is 0 Å². The SMILES string of the molecule is NC(=O)CCC(NC(=O)NCC1COCCO1)C(=O)O. The molecule has 9 heteroatoms. The molecule has 0 aliphatic carbocycles. The van der Waals surface area contributed by atoms with Gasteiger partial charge in [0.25, 0.3) is 0 Å². The molecule has 5 N–H and O–H groups in total. The number of rotatable bonds is 7. The van der Waals surface area contributed by atoms with Crippen molar-refractivity contribution in [1.82, 2.24) is 10.6 Å². The number of hydrogen-bond donors (Lipinski definition) is 4. The maximum atomic E-state index is 11.5. The van der Waals surface area contributed by atoms with E-state index in [-0.39, 0.29) is 25.5 Å². The van der Waals surface area contributed by atoms with E-state index in [0.717, 1.165) is 0 Å². The molecule has 1 fully saturated rings. The number of primary amides is 1. The predicted molar refractivity (Wildman–Crippen MR) is 66.9 cm³/mol. The number of hydrogen-bond acceptors (Lipinski definition) is 5. The van der Waals surface area contributed by atoms with Crippen LogP contribution < -0.4 is 16.4 Å². The normalized spacial score (nSPS) is 19.9. The first-order valence-corrected chi connectivity index (χ1v) is 6.24. The molecule has 0 radical (unpaired) electrons. The summed E-state index contributed by atoms with van der Waals surface area (Å²) in [6.45, 7) is 1.58. The van der Waals surface area contributed by atoms with E-state index in [1.54, 1.807) is 0 Å². The quantitative estimate of drug-likeness (QED) is 0.446. The molecule has 1 aliphatic rings. The zero-order valence-corrected chi connectivity index (χ0v) is 11.0. The van der Waals surface area contributed by atoms with E-state index in [0.29, 0.717) is 19.8 Å². The number of urea groups is 1. The summed E-state index contributed by atoms with van der Waals surface area (Å²) >= 11 is 0. The summed E-state index contributed by atoms with van der Waals surface area (Å²) in [7, 11) is 0. The van der Waals surface area contributed by atoms with E-state index < -0.39 is 23.9 Å². The fraction of sp³-hybridized carbons (Fsp3) is 0.727. The van der Waals surface area contributed by atoms with Crippen molar-refractivity contribution in [2.45, 2.75) is 25.0 Å². The lowest BCUT2D eigenvalue weighted by molar-refractivity contribution is -0.139. The highest BCUT2D eigenvalue weighted by Crippen LogP contribution is 2.00. The van der Waals surface area contributed by atoms with Gasteiger partial charge >= 0.3 is 12.0 Å². The number of carboxylic acid groups (broad SMARTS) is 1. The molecule has 20 heavy (non-hydrogen) atoms. The van der Waals surface area contributed by atoms with Crippen molar-refractivity contribution in [3.05, 3.63) is 0 Å². The molecule has 1 heterocycles. The number of ether oxygens (including phenoxy) is 2. The van der Waals surface area contributed by atoms with Crippen LogP contribution in [0.15, 0.2) is 0 Å². The Morgan fingerprint density at radius 1 is 1.35 bits per heavy atom. The lowest BCUT2D eigenvalue weighted by Gasteiger charge is -2.23. The topological polar surface area (TPSA) is 140 Å². The molecule has 1 rings (SSSR count). The minimum absolute atomic E-state index is 0.0544. The minimum Gasteiger partial charge on any atom is -0.480 e. The Balaban J connectivity index is 2.29. The maximum Gasteiger partial charge on any atom is 0.326 e. The van der Waals surface area contributed by atoms with Crippen molar-refractivity contribution in [2.24, 2.45) is 5.73 Å². The molecule has 0 aromatic carbocycles. The number of amides is 3. The third kappa shape index (κ3) is 6.34.